The molecular weight excluding hydrogens is 312 g/mol. The predicted octanol–water partition coefficient (Wildman–Crippen LogP) is 0.306. The molecule has 0 unspecified atom stereocenters. The van der Waals surface area contributed by atoms with Gasteiger partial charge in [0.25, 0.3) is 0 Å². The van der Waals surface area contributed by atoms with Crippen molar-refractivity contribution < 1.29 is 19.1 Å². The lowest BCUT2D eigenvalue weighted by molar-refractivity contribution is -0.143. The second kappa shape index (κ2) is 6.77. The maximum absolute atomic E-state index is 12.1. The molecule has 2 aliphatic heterocycles. The molecule has 2 atom stereocenters. The Morgan fingerprint density at radius 3 is 2.75 bits per heavy atom. The van der Waals surface area contributed by atoms with Gasteiger partial charge in [-0.25, -0.2) is 4.79 Å². The van der Waals surface area contributed by atoms with E-state index in [0.717, 1.165) is 5.75 Å². The predicted molar refractivity (Wildman–Crippen MR) is 86.7 cm³/mol. The van der Waals surface area contributed by atoms with E-state index >= 15 is 0 Å². The van der Waals surface area contributed by atoms with E-state index in [9.17, 15) is 14.4 Å². The summed E-state index contributed by atoms with van der Waals surface area (Å²) in [6.45, 7) is 2.87. The summed E-state index contributed by atoms with van der Waals surface area (Å²) in [6.07, 6.45) is 0.425. The van der Waals surface area contributed by atoms with Crippen LogP contribution in [-0.4, -0.2) is 54.5 Å². The summed E-state index contributed by atoms with van der Waals surface area (Å²) in [5.41, 5.74) is 0.639. The number of ether oxygens (including phenoxy) is 1. The molecule has 0 spiro atoms. The van der Waals surface area contributed by atoms with Gasteiger partial charge in [0.15, 0.2) is 0 Å². The number of piperazine rings is 1. The molecular formula is C16H20N4O4. The van der Waals surface area contributed by atoms with E-state index in [0.29, 0.717) is 25.3 Å². The van der Waals surface area contributed by atoms with Gasteiger partial charge in [0.05, 0.1) is 19.2 Å². The summed E-state index contributed by atoms with van der Waals surface area (Å²) >= 11 is 0. The molecule has 0 bridgehead atoms. The molecule has 8 nitrogen and oxygen atoms in total. The molecule has 3 rings (SSSR count). The first-order chi connectivity index (χ1) is 11.6. The smallest absolute Gasteiger partial charge is 0.319 e. The first-order valence-corrected chi connectivity index (χ1v) is 7.94. The van der Waals surface area contributed by atoms with Crippen molar-refractivity contribution in [1.82, 2.24) is 15.5 Å². The van der Waals surface area contributed by atoms with Crippen LogP contribution in [0.3, 0.4) is 0 Å². The van der Waals surface area contributed by atoms with Crippen molar-refractivity contribution in [3.8, 4) is 5.75 Å². The van der Waals surface area contributed by atoms with Crippen molar-refractivity contribution in [3.05, 3.63) is 24.3 Å². The van der Waals surface area contributed by atoms with E-state index in [1.807, 2.05) is 6.92 Å². The van der Waals surface area contributed by atoms with Crippen LogP contribution in [0.4, 0.5) is 10.5 Å². The maximum Gasteiger partial charge on any atom is 0.319 e. The van der Waals surface area contributed by atoms with Crippen LogP contribution in [0.5, 0.6) is 5.75 Å². The van der Waals surface area contributed by atoms with Crippen LogP contribution in [0.1, 0.15) is 13.3 Å². The number of urea groups is 1. The number of carbonyl (C=O) groups is 3. The fourth-order valence-electron chi connectivity index (χ4n) is 3.00. The average molecular weight is 332 g/mol. The first-order valence-electron chi connectivity index (χ1n) is 7.94. The lowest BCUT2D eigenvalue weighted by atomic mass is 10.1. The summed E-state index contributed by atoms with van der Waals surface area (Å²) in [5, 5.41) is 8.10. The second-order valence-corrected chi connectivity index (χ2v) is 5.77. The number of nitrogens with zero attached hydrogens (tertiary/aromatic N) is 1. The Balaban J connectivity index is 1.54. The van der Waals surface area contributed by atoms with Gasteiger partial charge in [0.1, 0.15) is 11.8 Å². The molecule has 2 heterocycles. The average Bonchev–Trinajstić information content (AvgIpc) is 2.98. The van der Waals surface area contributed by atoms with Gasteiger partial charge in [-0.3, -0.25) is 9.59 Å². The van der Waals surface area contributed by atoms with Crippen molar-refractivity contribution in [2.24, 2.45) is 0 Å². The largest absolute Gasteiger partial charge is 0.494 e. The monoisotopic (exact) mass is 332 g/mol. The number of anilines is 1. The van der Waals surface area contributed by atoms with Gasteiger partial charge in [-0.05, 0) is 37.6 Å². The Morgan fingerprint density at radius 2 is 2.08 bits per heavy atom. The lowest BCUT2D eigenvalue weighted by Gasteiger charge is -2.28. The van der Waals surface area contributed by atoms with Gasteiger partial charge >= 0.3 is 6.03 Å². The van der Waals surface area contributed by atoms with Gasteiger partial charge in [-0.15, -0.1) is 0 Å². The number of amides is 4. The highest BCUT2D eigenvalue weighted by atomic mass is 16.5. The van der Waals surface area contributed by atoms with E-state index in [-0.39, 0.29) is 30.4 Å². The zero-order valence-corrected chi connectivity index (χ0v) is 13.4. The van der Waals surface area contributed by atoms with Crippen LogP contribution < -0.4 is 20.7 Å². The lowest BCUT2D eigenvalue weighted by Crippen LogP contribution is -2.55. The molecule has 0 radical (unpaired) electrons. The summed E-state index contributed by atoms with van der Waals surface area (Å²) < 4.78 is 5.34. The van der Waals surface area contributed by atoms with E-state index < -0.39 is 6.04 Å². The number of hydrogen-bond donors (Lipinski definition) is 3. The summed E-state index contributed by atoms with van der Waals surface area (Å²) in [4.78, 5) is 37.2. The van der Waals surface area contributed by atoms with Crippen LogP contribution in [0.25, 0.3) is 0 Å². The molecule has 3 N–H and O–H groups in total. The van der Waals surface area contributed by atoms with Crippen LogP contribution >= 0.6 is 0 Å². The number of benzene rings is 1. The normalized spacial score (nSPS) is 22.6. The number of rotatable bonds is 4. The quantitative estimate of drug-likeness (QED) is 0.739. The maximum atomic E-state index is 12.1. The highest BCUT2D eigenvalue weighted by molar-refractivity contribution is 5.96. The van der Waals surface area contributed by atoms with Crippen molar-refractivity contribution in [1.29, 1.82) is 0 Å². The van der Waals surface area contributed by atoms with Crippen molar-refractivity contribution in [2.45, 2.75) is 25.4 Å². The van der Waals surface area contributed by atoms with Crippen molar-refractivity contribution in [2.75, 3.05) is 25.0 Å². The second-order valence-electron chi connectivity index (χ2n) is 5.77. The molecule has 8 heteroatoms. The third-order valence-electron chi connectivity index (χ3n) is 4.10. The Labute approximate surface area is 139 Å². The van der Waals surface area contributed by atoms with Gasteiger partial charge < -0.3 is 25.6 Å². The number of nitrogens with one attached hydrogen (secondary N) is 3. The van der Waals surface area contributed by atoms with Gasteiger partial charge in [-0.1, -0.05) is 0 Å². The minimum atomic E-state index is -0.484. The van der Waals surface area contributed by atoms with E-state index in [1.54, 1.807) is 24.3 Å². The molecule has 1 aromatic rings. The highest BCUT2D eigenvalue weighted by Crippen LogP contribution is 2.21. The van der Waals surface area contributed by atoms with E-state index in [4.69, 9.17) is 4.74 Å². The highest BCUT2D eigenvalue weighted by Gasteiger charge is 2.42. The summed E-state index contributed by atoms with van der Waals surface area (Å²) in [5.74, 6) is 0.460. The summed E-state index contributed by atoms with van der Waals surface area (Å²) in [6, 6.07) is 5.96. The summed E-state index contributed by atoms with van der Waals surface area (Å²) in [7, 11) is 0. The molecule has 2 saturated heterocycles. The molecule has 0 aliphatic carbocycles. The minimum absolute atomic E-state index is 0.0282. The molecule has 0 saturated carbocycles. The number of fused-ring (bicyclic) bond motifs is 1. The molecule has 128 valence electrons. The van der Waals surface area contributed by atoms with Crippen LogP contribution in [0.2, 0.25) is 0 Å². The topological polar surface area (TPSA) is 99.8 Å². The van der Waals surface area contributed by atoms with Gasteiger partial charge in [-0.2, -0.15) is 0 Å². The molecule has 2 fully saturated rings. The fourth-order valence-corrected chi connectivity index (χ4v) is 3.00. The van der Waals surface area contributed by atoms with Gasteiger partial charge in [0, 0.05) is 12.2 Å². The standard InChI is InChI=1S/C16H20N4O4/c1-2-24-12-5-3-10(4-6-12)18-16(23)19-11-7-13-15(22)17-8-14(21)20(13)9-11/h3-6,11,13H,2,7-9H2,1H3,(H,17,22)(H2,18,19,23)/t11-,13+/m1/s1. The first kappa shape index (κ1) is 16.1. The number of carbonyl (C=O) groups excluding carboxylic acids is 3. The zero-order chi connectivity index (χ0) is 17.1. The molecule has 0 aromatic heterocycles. The Morgan fingerprint density at radius 1 is 1.33 bits per heavy atom. The van der Waals surface area contributed by atoms with E-state index in [1.165, 1.54) is 4.90 Å². The zero-order valence-electron chi connectivity index (χ0n) is 13.4. The van der Waals surface area contributed by atoms with Crippen molar-refractivity contribution >= 4 is 23.5 Å². The Bertz CT molecular complexity index is 622. The van der Waals surface area contributed by atoms with Crippen LogP contribution in [0.15, 0.2) is 24.3 Å². The van der Waals surface area contributed by atoms with Gasteiger partial charge in [0.2, 0.25) is 11.8 Å². The van der Waals surface area contributed by atoms with Crippen molar-refractivity contribution in [3.63, 3.8) is 0 Å². The SMILES string of the molecule is CCOc1ccc(NC(=O)N[C@@H]2C[C@H]3C(=O)NCC(=O)N3C2)cc1. The Hall–Kier alpha value is -2.77. The fraction of sp³-hybridized carbons (Fsp3) is 0.438. The Kier molecular flexibility index (Phi) is 4.54. The van der Waals surface area contributed by atoms with Crippen LogP contribution in [-0.2, 0) is 9.59 Å². The molecule has 1 aromatic carbocycles. The number of hydrogen-bond acceptors (Lipinski definition) is 4. The molecule has 4 amide bonds. The van der Waals surface area contributed by atoms with E-state index in [2.05, 4.69) is 16.0 Å². The van der Waals surface area contributed by atoms with Crippen LogP contribution in [0, 0.1) is 0 Å². The minimum Gasteiger partial charge on any atom is -0.494 e. The molecule has 24 heavy (non-hydrogen) atoms. The third kappa shape index (κ3) is 3.42. The third-order valence-corrected chi connectivity index (χ3v) is 4.10. The molecule has 2 aliphatic rings.